The zero-order valence-electron chi connectivity index (χ0n) is 15.0. The Morgan fingerprint density at radius 1 is 0.963 bits per heavy atom. The quantitative estimate of drug-likeness (QED) is 0.567. The predicted octanol–water partition coefficient (Wildman–Crippen LogP) is 2.88. The first-order valence-corrected chi connectivity index (χ1v) is 8.38. The Hall–Kier alpha value is -3.61. The molecule has 0 saturated carbocycles. The van der Waals surface area contributed by atoms with Gasteiger partial charge in [-0.3, -0.25) is 9.59 Å². The molecule has 4 N–H and O–H groups in total. The van der Waals surface area contributed by atoms with Crippen molar-refractivity contribution in [2.24, 2.45) is 0 Å². The molecule has 0 unspecified atom stereocenters. The van der Waals surface area contributed by atoms with Crippen LogP contribution in [0.15, 0.2) is 61.2 Å². The summed E-state index contributed by atoms with van der Waals surface area (Å²) in [6.45, 7) is 5.68. The van der Waals surface area contributed by atoms with Crippen LogP contribution < -0.4 is 21.3 Å². The number of urea groups is 1. The summed E-state index contributed by atoms with van der Waals surface area (Å²) in [7, 11) is 0. The van der Waals surface area contributed by atoms with Gasteiger partial charge < -0.3 is 21.3 Å². The van der Waals surface area contributed by atoms with Gasteiger partial charge in [0.25, 0.3) is 5.91 Å². The lowest BCUT2D eigenvalue weighted by Gasteiger charge is -2.10. The largest absolute Gasteiger partial charge is 0.349 e. The number of carbonyl (C=O) groups is 3. The molecule has 2 rings (SSSR count). The third kappa shape index (κ3) is 6.66. The Morgan fingerprint density at radius 2 is 1.70 bits per heavy atom. The molecular weight excluding hydrogens is 344 g/mol. The van der Waals surface area contributed by atoms with E-state index in [0.717, 1.165) is 5.56 Å². The number of hydrogen-bond acceptors (Lipinski definition) is 3. The average Bonchev–Trinajstić information content (AvgIpc) is 2.65. The van der Waals surface area contributed by atoms with Crippen LogP contribution >= 0.6 is 0 Å². The van der Waals surface area contributed by atoms with Gasteiger partial charge in [-0.1, -0.05) is 18.2 Å². The molecule has 0 aliphatic rings. The van der Waals surface area contributed by atoms with E-state index in [-0.39, 0.29) is 17.8 Å². The lowest BCUT2D eigenvalue weighted by Crippen LogP contribution is -2.28. The van der Waals surface area contributed by atoms with Crippen LogP contribution in [0.4, 0.5) is 16.2 Å². The Balaban J connectivity index is 1.86. The van der Waals surface area contributed by atoms with Crippen LogP contribution in [0, 0.1) is 0 Å². The number of anilines is 2. The highest BCUT2D eigenvalue weighted by Crippen LogP contribution is 2.11. The van der Waals surface area contributed by atoms with Crippen molar-refractivity contribution in [1.82, 2.24) is 10.6 Å². The summed E-state index contributed by atoms with van der Waals surface area (Å²) >= 11 is 0. The molecule has 0 heterocycles. The first-order chi connectivity index (χ1) is 13.0. The van der Waals surface area contributed by atoms with Gasteiger partial charge in [0.2, 0.25) is 5.91 Å². The third-order valence-electron chi connectivity index (χ3n) is 3.51. The van der Waals surface area contributed by atoms with Crippen LogP contribution in [0.2, 0.25) is 0 Å². The molecule has 7 heteroatoms. The number of amides is 4. The van der Waals surface area contributed by atoms with Crippen molar-refractivity contribution in [3.63, 3.8) is 0 Å². The molecular formula is C20H22N4O3. The van der Waals surface area contributed by atoms with E-state index in [0.29, 0.717) is 30.0 Å². The third-order valence-corrected chi connectivity index (χ3v) is 3.51. The van der Waals surface area contributed by atoms with Crippen molar-refractivity contribution < 1.29 is 14.4 Å². The van der Waals surface area contributed by atoms with E-state index >= 15 is 0 Å². The van der Waals surface area contributed by atoms with Crippen LogP contribution in [0.5, 0.6) is 0 Å². The highest BCUT2D eigenvalue weighted by molar-refractivity contribution is 5.95. The van der Waals surface area contributed by atoms with Crippen LogP contribution in [0.1, 0.15) is 22.8 Å². The van der Waals surface area contributed by atoms with E-state index in [1.807, 2.05) is 6.07 Å². The second-order valence-corrected chi connectivity index (χ2v) is 5.77. The first-order valence-electron chi connectivity index (χ1n) is 8.38. The van der Waals surface area contributed by atoms with E-state index in [4.69, 9.17) is 0 Å². The molecule has 7 nitrogen and oxygen atoms in total. The smallest absolute Gasteiger partial charge is 0.319 e. The fraction of sp³-hybridized carbons (Fsp3) is 0.150. The van der Waals surface area contributed by atoms with Gasteiger partial charge in [-0.2, -0.15) is 0 Å². The summed E-state index contributed by atoms with van der Waals surface area (Å²) in [6.07, 6.45) is 1.60. The summed E-state index contributed by atoms with van der Waals surface area (Å²) in [4.78, 5) is 34.9. The monoisotopic (exact) mass is 366 g/mol. The maximum Gasteiger partial charge on any atom is 0.319 e. The SMILES string of the molecule is C=CCNC(=O)c1ccc(NC(=O)NCc2cccc(NC(C)=O)c2)cc1. The van der Waals surface area contributed by atoms with Gasteiger partial charge in [0, 0.05) is 37.0 Å². The molecule has 2 aromatic rings. The summed E-state index contributed by atoms with van der Waals surface area (Å²) in [6, 6.07) is 13.4. The molecule has 0 saturated heterocycles. The van der Waals surface area contributed by atoms with Crippen LogP contribution in [-0.4, -0.2) is 24.4 Å². The highest BCUT2D eigenvalue weighted by atomic mass is 16.2. The second kappa shape index (κ2) is 9.76. The minimum absolute atomic E-state index is 0.153. The fourth-order valence-corrected chi connectivity index (χ4v) is 2.29. The van der Waals surface area contributed by atoms with Gasteiger partial charge >= 0.3 is 6.03 Å². The van der Waals surface area contributed by atoms with Gasteiger partial charge in [0.05, 0.1) is 0 Å². The molecule has 27 heavy (non-hydrogen) atoms. The van der Waals surface area contributed by atoms with Crippen molar-refractivity contribution in [2.75, 3.05) is 17.2 Å². The Kier molecular flexibility index (Phi) is 7.13. The number of nitrogens with one attached hydrogen (secondary N) is 4. The highest BCUT2D eigenvalue weighted by Gasteiger charge is 2.06. The minimum atomic E-state index is -0.371. The molecule has 0 fully saturated rings. The van der Waals surface area contributed by atoms with Crippen molar-refractivity contribution in [3.05, 3.63) is 72.3 Å². The number of carbonyl (C=O) groups excluding carboxylic acids is 3. The van der Waals surface area contributed by atoms with Crippen LogP contribution in [0.3, 0.4) is 0 Å². The molecule has 0 aliphatic heterocycles. The summed E-state index contributed by atoms with van der Waals surface area (Å²) < 4.78 is 0. The minimum Gasteiger partial charge on any atom is -0.349 e. The zero-order chi connectivity index (χ0) is 19.6. The van der Waals surface area contributed by atoms with E-state index in [2.05, 4.69) is 27.8 Å². The number of benzene rings is 2. The average molecular weight is 366 g/mol. The number of rotatable bonds is 7. The van der Waals surface area contributed by atoms with E-state index in [1.165, 1.54) is 6.92 Å². The Morgan fingerprint density at radius 3 is 2.37 bits per heavy atom. The fourth-order valence-electron chi connectivity index (χ4n) is 2.29. The molecule has 4 amide bonds. The summed E-state index contributed by atoms with van der Waals surface area (Å²) in [5.41, 5.74) is 2.59. The van der Waals surface area contributed by atoms with Gasteiger partial charge in [-0.05, 0) is 42.0 Å². The molecule has 0 aliphatic carbocycles. The van der Waals surface area contributed by atoms with Crippen LogP contribution in [-0.2, 0) is 11.3 Å². The van der Waals surface area contributed by atoms with E-state index in [9.17, 15) is 14.4 Å². The molecule has 2 aromatic carbocycles. The van der Waals surface area contributed by atoms with Gasteiger partial charge in [0.1, 0.15) is 0 Å². The summed E-state index contributed by atoms with van der Waals surface area (Å²) in [5.74, 6) is -0.357. The Bertz CT molecular complexity index is 831. The van der Waals surface area contributed by atoms with Crippen LogP contribution in [0.25, 0.3) is 0 Å². The normalized spacial score (nSPS) is 9.81. The number of hydrogen-bond donors (Lipinski definition) is 4. The molecule has 0 spiro atoms. The van der Waals surface area contributed by atoms with Gasteiger partial charge in [0.15, 0.2) is 0 Å². The van der Waals surface area contributed by atoms with Gasteiger partial charge in [-0.15, -0.1) is 6.58 Å². The van der Waals surface area contributed by atoms with Crippen molar-refractivity contribution >= 4 is 29.2 Å². The Labute approximate surface area is 157 Å². The van der Waals surface area contributed by atoms with Crippen molar-refractivity contribution in [1.29, 1.82) is 0 Å². The molecule has 0 atom stereocenters. The second-order valence-electron chi connectivity index (χ2n) is 5.77. The lowest BCUT2D eigenvalue weighted by molar-refractivity contribution is -0.114. The maximum atomic E-state index is 12.0. The van der Waals surface area contributed by atoms with E-state index in [1.54, 1.807) is 48.5 Å². The summed E-state index contributed by atoms with van der Waals surface area (Å²) in [5, 5.41) is 10.8. The molecule has 140 valence electrons. The maximum absolute atomic E-state index is 12.0. The zero-order valence-corrected chi connectivity index (χ0v) is 15.0. The topological polar surface area (TPSA) is 99.3 Å². The molecule has 0 radical (unpaired) electrons. The molecule has 0 aromatic heterocycles. The van der Waals surface area contributed by atoms with Gasteiger partial charge in [-0.25, -0.2) is 4.79 Å². The van der Waals surface area contributed by atoms with E-state index < -0.39 is 0 Å². The molecule has 0 bridgehead atoms. The first kappa shape index (κ1) is 19.7. The van der Waals surface area contributed by atoms with Crippen molar-refractivity contribution in [2.45, 2.75) is 13.5 Å². The van der Waals surface area contributed by atoms with Crippen molar-refractivity contribution in [3.8, 4) is 0 Å². The lowest BCUT2D eigenvalue weighted by atomic mass is 10.2. The standard InChI is InChI=1S/C20H22N4O3/c1-3-11-21-19(26)16-7-9-17(10-8-16)24-20(27)22-13-15-5-4-6-18(12-15)23-14(2)25/h3-10,12H,1,11,13H2,2H3,(H,21,26)(H,23,25)(H2,22,24,27). The predicted molar refractivity (Wildman–Crippen MR) is 106 cm³/mol.